The van der Waals surface area contributed by atoms with E-state index in [0.717, 1.165) is 0 Å². The molecule has 0 amide bonds. The largest absolute Gasteiger partial charge is 0.511 e. The first-order valence-corrected chi connectivity index (χ1v) is 5.10. The number of nitrogens with one attached hydrogen (secondary N) is 2. The van der Waals surface area contributed by atoms with Gasteiger partial charge in [0.2, 0.25) is 0 Å². The van der Waals surface area contributed by atoms with E-state index in [1.165, 1.54) is 0 Å². The smallest absolute Gasteiger partial charge is 0.315 e. The average Bonchev–Trinajstić information content (AvgIpc) is 2.35. The zero-order valence-electron chi connectivity index (χ0n) is 6.56. The van der Waals surface area contributed by atoms with Crippen molar-refractivity contribution in [2.24, 2.45) is 0 Å². The molecule has 2 N–H and O–H groups in total. The van der Waals surface area contributed by atoms with E-state index in [1.807, 2.05) is 0 Å². The second kappa shape index (κ2) is 3.43. The molecular weight excluding hydrogens is 209 g/mol. The highest BCUT2D eigenvalue weighted by Crippen LogP contribution is 2.22. The topological polar surface area (TPSA) is 58.2 Å². The van der Waals surface area contributed by atoms with Gasteiger partial charge < -0.3 is 5.32 Å². The van der Waals surface area contributed by atoms with E-state index < -0.39 is 21.6 Å². The van der Waals surface area contributed by atoms with Crippen LogP contribution in [-0.2, 0) is 10.0 Å². The lowest BCUT2D eigenvalue weighted by Crippen LogP contribution is -2.43. The van der Waals surface area contributed by atoms with E-state index in [9.17, 15) is 21.6 Å². The minimum Gasteiger partial charge on any atom is -0.315 e. The molecule has 0 saturated carbocycles. The lowest BCUT2D eigenvalue weighted by atomic mass is 10.3. The summed E-state index contributed by atoms with van der Waals surface area (Å²) in [5.41, 5.74) is -5.21. The van der Waals surface area contributed by atoms with Crippen molar-refractivity contribution in [3.05, 3.63) is 0 Å². The van der Waals surface area contributed by atoms with Gasteiger partial charge in [-0.25, -0.2) is 13.1 Å². The molecule has 0 aliphatic carbocycles. The highest BCUT2D eigenvalue weighted by Gasteiger charge is 2.46. The Morgan fingerprint density at radius 2 is 2.00 bits per heavy atom. The zero-order chi connectivity index (χ0) is 10.1. The van der Waals surface area contributed by atoms with Crippen molar-refractivity contribution in [2.45, 2.75) is 18.0 Å². The molecule has 1 fully saturated rings. The quantitative estimate of drug-likeness (QED) is 0.674. The summed E-state index contributed by atoms with van der Waals surface area (Å²) >= 11 is 0. The molecule has 8 heteroatoms. The van der Waals surface area contributed by atoms with Crippen LogP contribution < -0.4 is 10.0 Å². The minimum atomic E-state index is -5.21. The summed E-state index contributed by atoms with van der Waals surface area (Å²) in [6.45, 7) is 0.778. The molecule has 0 bridgehead atoms. The van der Waals surface area contributed by atoms with Gasteiger partial charge in [-0.2, -0.15) is 13.2 Å². The van der Waals surface area contributed by atoms with E-state index in [4.69, 9.17) is 0 Å². The predicted octanol–water partition coefficient (Wildman–Crippen LogP) is -0.213. The van der Waals surface area contributed by atoms with Crippen LogP contribution in [0.25, 0.3) is 0 Å². The predicted molar refractivity (Wildman–Crippen MR) is 39.4 cm³/mol. The van der Waals surface area contributed by atoms with Gasteiger partial charge in [0.1, 0.15) is 0 Å². The monoisotopic (exact) mass is 218 g/mol. The van der Waals surface area contributed by atoms with Gasteiger partial charge in [-0.15, -0.1) is 0 Å². The molecule has 78 valence electrons. The third kappa shape index (κ3) is 2.55. The first-order valence-electron chi connectivity index (χ1n) is 3.62. The van der Waals surface area contributed by atoms with E-state index in [1.54, 1.807) is 4.72 Å². The van der Waals surface area contributed by atoms with Gasteiger partial charge in [0.15, 0.2) is 0 Å². The third-order valence-corrected chi connectivity index (χ3v) is 2.94. The summed E-state index contributed by atoms with van der Waals surface area (Å²) in [4.78, 5) is 0. The molecule has 0 spiro atoms. The molecule has 13 heavy (non-hydrogen) atoms. The number of halogens is 3. The standard InChI is InChI=1S/C5H9F3N2O2S/c6-5(7,8)13(11,12)10-4-1-2-9-3-4/h4,9-10H,1-3H2/t4-/m1/s1. The Kier molecular flexibility index (Phi) is 2.83. The summed E-state index contributed by atoms with van der Waals surface area (Å²) in [6.07, 6.45) is 0.384. The number of alkyl halides is 3. The minimum absolute atomic E-state index is 0.245. The van der Waals surface area contributed by atoms with Crippen LogP contribution in [0.2, 0.25) is 0 Å². The summed E-state index contributed by atoms with van der Waals surface area (Å²) in [5.74, 6) is 0. The van der Waals surface area contributed by atoms with Crippen LogP contribution in [0, 0.1) is 0 Å². The zero-order valence-corrected chi connectivity index (χ0v) is 7.37. The number of rotatable bonds is 2. The normalized spacial score (nSPS) is 25.0. The fourth-order valence-electron chi connectivity index (χ4n) is 1.04. The summed E-state index contributed by atoms with van der Waals surface area (Å²) in [5, 5.41) is 2.75. The summed E-state index contributed by atoms with van der Waals surface area (Å²) in [7, 11) is -5.17. The number of hydrogen-bond acceptors (Lipinski definition) is 3. The maximum atomic E-state index is 11.8. The van der Waals surface area contributed by atoms with Crippen molar-refractivity contribution in [1.82, 2.24) is 10.0 Å². The van der Waals surface area contributed by atoms with Crippen LogP contribution in [0.4, 0.5) is 13.2 Å². The molecule has 0 aromatic rings. The first-order chi connectivity index (χ1) is 5.83. The van der Waals surface area contributed by atoms with Crippen molar-refractivity contribution >= 4 is 10.0 Å². The highest BCUT2D eigenvalue weighted by atomic mass is 32.2. The van der Waals surface area contributed by atoms with Gasteiger partial charge >= 0.3 is 15.5 Å². The van der Waals surface area contributed by atoms with Gasteiger partial charge in [0.05, 0.1) is 0 Å². The van der Waals surface area contributed by atoms with Gasteiger partial charge in [-0.3, -0.25) is 0 Å². The van der Waals surface area contributed by atoms with Crippen LogP contribution in [0.15, 0.2) is 0 Å². The molecule has 1 rings (SSSR count). The summed E-state index contributed by atoms with van der Waals surface area (Å²) in [6, 6.07) is -0.647. The Balaban J connectivity index is 2.62. The van der Waals surface area contributed by atoms with Crippen molar-refractivity contribution in [2.75, 3.05) is 13.1 Å². The van der Waals surface area contributed by atoms with E-state index in [2.05, 4.69) is 5.32 Å². The second-order valence-electron chi connectivity index (χ2n) is 2.76. The van der Waals surface area contributed by atoms with Crippen LogP contribution in [0.5, 0.6) is 0 Å². The third-order valence-electron chi connectivity index (χ3n) is 1.69. The Morgan fingerprint density at radius 3 is 2.38 bits per heavy atom. The maximum absolute atomic E-state index is 11.8. The Hall–Kier alpha value is -0.340. The van der Waals surface area contributed by atoms with E-state index in [0.29, 0.717) is 13.0 Å². The van der Waals surface area contributed by atoms with Crippen LogP contribution in [0.1, 0.15) is 6.42 Å². The van der Waals surface area contributed by atoms with Gasteiger partial charge in [-0.05, 0) is 13.0 Å². The lowest BCUT2D eigenvalue weighted by molar-refractivity contribution is -0.0450. The van der Waals surface area contributed by atoms with Crippen molar-refractivity contribution in [3.63, 3.8) is 0 Å². The van der Waals surface area contributed by atoms with Gasteiger partial charge in [0, 0.05) is 12.6 Å². The lowest BCUT2D eigenvalue weighted by Gasteiger charge is -2.13. The molecule has 0 aromatic carbocycles. The Morgan fingerprint density at radius 1 is 1.38 bits per heavy atom. The molecule has 1 aliphatic heterocycles. The molecule has 0 aromatic heterocycles. The molecule has 1 aliphatic rings. The van der Waals surface area contributed by atoms with Crippen molar-refractivity contribution in [1.29, 1.82) is 0 Å². The maximum Gasteiger partial charge on any atom is 0.511 e. The van der Waals surface area contributed by atoms with Gasteiger partial charge in [-0.1, -0.05) is 0 Å². The fraction of sp³-hybridized carbons (Fsp3) is 1.00. The van der Waals surface area contributed by atoms with Crippen molar-refractivity contribution < 1.29 is 21.6 Å². The molecule has 0 unspecified atom stereocenters. The average molecular weight is 218 g/mol. The van der Waals surface area contributed by atoms with Crippen LogP contribution in [0.3, 0.4) is 0 Å². The number of hydrogen-bond donors (Lipinski definition) is 2. The fourth-order valence-corrected chi connectivity index (χ4v) is 1.82. The van der Waals surface area contributed by atoms with Gasteiger partial charge in [0.25, 0.3) is 0 Å². The molecular formula is C5H9F3N2O2S. The van der Waals surface area contributed by atoms with Crippen LogP contribution in [-0.4, -0.2) is 33.1 Å². The Labute approximate surface area is 73.6 Å². The highest BCUT2D eigenvalue weighted by molar-refractivity contribution is 7.90. The van der Waals surface area contributed by atoms with E-state index >= 15 is 0 Å². The van der Waals surface area contributed by atoms with Crippen LogP contribution >= 0.6 is 0 Å². The molecule has 1 heterocycles. The molecule has 1 saturated heterocycles. The SMILES string of the molecule is O=S(=O)(N[C@@H]1CCNC1)C(F)(F)F. The molecule has 4 nitrogen and oxygen atoms in total. The molecule has 0 radical (unpaired) electrons. The Bertz CT molecular complexity index is 268. The molecule has 1 atom stereocenters. The second-order valence-corrected chi connectivity index (χ2v) is 4.46. The number of sulfonamides is 1. The van der Waals surface area contributed by atoms with Crippen molar-refractivity contribution in [3.8, 4) is 0 Å². The summed E-state index contributed by atoms with van der Waals surface area (Å²) < 4.78 is 58.1. The van der Waals surface area contributed by atoms with E-state index in [-0.39, 0.29) is 6.54 Å². The first kappa shape index (κ1) is 10.7.